The molecule has 0 saturated carbocycles. The average Bonchev–Trinajstić information content (AvgIpc) is 2.39. The first-order chi connectivity index (χ1) is 9.54. The van der Waals surface area contributed by atoms with E-state index in [1.165, 1.54) is 6.54 Å². The minimum absolute atomic E-state index is 0.157. The monoisotopic (exact) mass is 277 g/mol. The van der Waals surface area contributed by atoms with Gasteiger partial charge in [0.15, 0.2) is 0 Å². The van der Waals surface area contributed by atoms with Gasteiger partial charge in [-0.05, 0) is 24.8 Å². The summed E-state index contributed by atoms with van der Waals surface area (Å²) in [6.45, 7) is 12.0. The Labute approximate surface area is 122 Å². The van der Waals surface area contributed by atoms with E-state index in [0.29, 0.717) is 0 Å². The second-order valence-corrected chi connectivity index (χ2v) is 6.25. The predicted octanol–water partition coefficient (Wildman–Crippen LogP) is 1.14. The van der Waals surface area contributed by atoms with Crippen LogP contribution in [-0.4, -0.2) is 53.6 Å². The molecule has 5 heteroatoms. The van der Waals surface area contributed by atoms with Crippen molar-refractivity contribution >= 4 is 5.95 Å². The zero-order valence-electron chi connectivity index (χ0n) is 12.9. The Balaban J connectivity index is 1.87. The van der Waals surface area contributed by atoms with Crippen LogP contribution in [-0.2, 0) is 6.42 Å². The van der Waals surface area contributed by atoms with E-state index < -0.39 is 0 Å². The summed E-state index contributed by atoms with van der Waals surface area (Å²) in [6, 6.07) is 0.157. The summed E-state index contributed by atoms with van der Waals surface area (Å²) in [5, 5.41) is 0. The van der Waals surface area contributed by atoms with Gasteiger partial charge in [0, 0.05) is 51.2 Å². The van der Waals surface area contributed by atoms with Crippen LogP contribution in [0.2, 0.25) is 0 Å². The summed E-state index contributed by atoms with van der Waals surface area (Å²) in [5.74, 6) is 1.58. The van der Waals surface area contributed by atoms with Crippen molar-refractivity contribution in [3.05, 3.63) is 18.0 Å². The largest absolute Gasteiger partial charge is 0.338 e. The highest BCUT2D eigenvalue weighted by molar-refractivity contribution is 5.30. The Bertz CT molecular complexity index is 393. The maximum Gasteiger partial charge on any atom is 0.225 e. The highest BCUT2D eigenvalue weighted by Crippen LogP contribution is 2.12. The molecular weight excluding hydrogens is 250 g/mol. The van der Waals surface area contributed by atoms with E-state index in [1.807, 2.05) is 19.3 Å². The van der Waals surface area contributed by atoms with Crippen molar-refractivity contribution in [2.45, 2.75) is 33.2 Å². The first-order valence-corrected chi connectivity index (χ1v) is 7.58. The summed E-state index contributed by atoms with van der Waals surface area (Å²) in [7, 11) is 0. The number of hydrogen-bond donors (Lipinski definition) is 1. The molecule has 1 aromatic rings. The molecule has 2 heterocycles. The molecule has 0 aliphatic carbocycles. The quantitative estimate of drug-likeness (QED) is 0.875. The number of nitrogens with two attached hydrogens (primary N) is 1. The molecule has 1 unspecified atom stereocenters. The van der Waals surface area contributed by atoms with Crippen LogP contribution in [0.1, 0.15) is 26.3 Å². The Hall–Kier alpha value is -1.20. The highest BCUT2D eigenvalue weighted by atomic mass is 15.3. The number of nitrogens with zero attached hydrogens (tertiary/aromatic N) is 4. The molecule has 1 atom stereocenters. The molecule has 112 valence electrons. The normalized spacial score (nSPS) is 18.6. The molecule has 20 heavy (non-hydrogen) atoms. The van der Waals surface area contributed by atoms with E-state index in [4.69, 9.17) is 5.73 Å². The summed E-state index contributed by atoms with van der Waals surface area (Å²) >= 11 is 0. The predicted molar refractivity (Wildman–Crippen MR) is 82.9 cm³/mol. The minimum atomic E-state index is 0.157. The van der Waals surface area contributed by atoms with Crippen molar-refractivity contribution in [2.75, 3.05) is 37.6 Å². The molecular formula is C15H27N5. The molecule has 0 amide bonds. The molecule has 0 spiro atoms. The second kappa shape index (κ2) is 6.99. The van der Waals surface area contributed by atoms with E-state index in [0.717, 1.165) is 50.0 Å². The SMILES string of the molecule is CC(C)CN1CCN(c2ncc(CC(C)N)cn2)CC1. The lowest BCUT2D eigenvalue weighted by atomic mass is 10.1. The van der Waals surface area contributed by atoms with Crippen LogP contribution in [0.5, 0.6) is 0 Å². The van der Waals surface area contributed by atoms with Gasteiger partial charge in [-0.25, -0.2) is 9.97 Å². The Morgan fingerprint density at radius 3 is 2.20 bits per heavy atom. The van der Waals surface area contributed by atoms with Crippen LogP contribution in [0.3, 0.4) is 0 Å². The van der Waals surface area contributed by atoms with Crippen LogP contribution >= 0.6 is 0 Å². The van der Waals surface area contributed by atoms with Crippen molar-refractivity contribution in [3.63, 3.8) is 0 Å². The summed E-state index contributed by atoms with van der Waals surface area (Å²) in [4.78, 5) is 13.8. The van der Waals surface area contributed by atoms with E-state index in [9.17, 15) is 0 Å². The van der Waals surface area contributed by atoms with Crippen LogP contribution in [0.25, 0.3) is 0 Å². The van der Waals surface area contributed by atoms with Gasteiger partial charge in [-0.15, -0.1) is 0 Å². The van der Waals surface area contributed by atoms with E-state index >= 15 is 0 Å². The van der Waals surface area contributed by atoms with Gasteiger partial charge in [-0.1, -0.05) is 13.8 Å². The van der Waals surface area contributed by atoms with Crippen molar-refractivity contribution in [1.82, 2.24) is 14.9 Å². The smallest absolute Gasteiger partial charge is 0.225 e. The molecule has 0 bridgehead atoms. The first kappa shape index (κ1) is 15.2. The maximum atomic E-state index is 5.79. The van der Waals surface area contributed by atoms with Crippen LogP contribution in [0, 0.1) is 5.92 Å². The van der Waals surface area contributed by atoms with Gasteiger partial charge in [-0.3, -0.25) is 4.90 Å². The van der Waals surface area contributed by atoms with Gasteiger partial charge >= 0.3 is 0 Å². The minimum Gasteiger partial charge on any atom is -0.338 e. The third-order valence-electron chi connectivity index (χ3n) is 3.53. The first-order valence-electron chi connectivity index (χ1n) is 7.58. The number of piperazine rings is 1. The van der Waals surface area contributed by atoms with Gasteiger partial charge < -0.3 is 10.6 Å². The lowest BCUT2D eigenvalue weighted by Crippen LogP contribution is -2.48. The molecule has 2 rings (SSSR count). The Morgan fingerprint density at radius 2 is 1.70 bits per heavy atom. The average molecular weight is 277 g/mol. The maximum absolute atomic E-state index is 5.79. The van der Waals surface area contributed by atoms with Crippen molar-refractivity contribution < 1.29 is 0 Å². The fourth-order valence-corrected chi connectivity index (χ4v) is 2.64. The zero-order chi connectivity index (χ0) is 14.5. The highest BCUT2D eigenvalue weighted by Gasteiger charge is 2.19. The fourth-order valence-electron chi connectivity index (χ4n) is 2.64. The lowest BCUT2D eigenvalue weighted by molar-refractivity contribution is 0.230. The summed E-state index contributed by atoms with van der Waals surface area (Å²) in [6.07, 6.45) is 4.65. The van der Waals surface area contributed by atoms with Crippen LogP contribution in [0.4, 0.5) is 5.95 Å². The standard InChI is InChI=1S/C15H27N5/c1-12(2)11-19-4-6-20(7-5-19)15-17-9-14(10-18-15)8-13(3)16/h9-10,12-13H,4-8,11,16H2,1-3H3. The van der Waals surface area contributed by atoms with Gasteiger partial charge in [0.25, 0.3) is 0 Å². The molecule has 2 N–H and O–H groups in total. The summed E-state index contributed by atoms with van der Waals surface area (Å²) < 4.78 is 0. The van der Waals surface area contributed by atoms with Crippen molar-refractivity contribution in [2.24, 2.45) is 11.7 Å². The second-order valence-electron chi connectivity index (χ2n) is 6.25. The fraction of sp³-hybridized carbons (Fsp3) is 0.733. The molecule has 1 aliphatic heterocycles. The number of rotatable bonds is 5. The molecule has 1 saturated heterocycles. The number of anilines is 1. The Kier molecular flexibility index (Phi) is 5.31. The summed E-state index contributed by atoms with van der Waals surface area (Å²) in [5.41, 5.74) is 6.90. The molecule has 0 aromatic carbocycles. The molecule has 1 fully saturated rings. The van der Waals surface area contributed by atoms with Crippen molar-refractivity contribution in [1.29, 1.82) is 0 Å². The topological polar surface area (TPSA) is 58.3 Å². The number of aromatic nitrogens is 2. The van der Waals surface area contributed by atoms with Crippen molar-refractivity contribution in [3.8, 4) is 0 Å². The van der Waals surface area contributed by atoms with Gasteiger partial charge in [0.2, 0.25) is 5.95 Å². The Morgan fingerprint density at radius 1 is 1.10 bits per heavy atom. The molecule has 0 radical (unpaired) electrons. The van der Waals surface area contributed by atoms with E-state index in [2.05, 4.69) is 33.6 Å². The van der Waals surface area contributed by atoms with Crippen LogP contribution in [0.15, 0.2) is 12.4 Å². The molecule has 1 aliphatic rings. The lowest BCUT2D eigenvalue weighted by Gasteiger charge is -2.35. The molecule has 5 nitrogen and oxygen atoms in total. The van der Waals surface area contributed by atoms with Crippen LogP contribution < -0.4 is 10.6 Å². The zero-order valence-corrected chi connectivity index (χ0v) is 12.9. The van der Waals surface area contributed by atoms with E-state index in [-0.39, 0.29) is 6.04 Å². The number of hydrogen-bond acceptors (Lipinski definition) is 5. The van der Waals surface area contributed by atoms with Gasteiger partial charge in [0.05, 0.1) is 0 Å². The van der Waals surface area contributed by atoms with Gasteiger partial charge in [-0.2, -0.15) is 0 Å². The van der Waals surface area contributed by atoms with Gasteiger partial charge in [0.1, 0.15) is 0 Å². The third kappa shape index (κ3) is 4.42. The third-order valence-corrected chi connectivity index (χ3v) is 3.53. The van der Waals surface area contributed by atoms with E-state index in [1.54, 1.807) is 0 Å². The molecule has 1 aromatic heterocycles.